The van der Waals surface area contributed by atoms with Gasteiger partial charge >= 0.3 is 12.1 Å². The van der Waals surface area contributed by atoms with Crippen LogP contribution in [0, 0.1) is 0 Å². The van der Waals surface area contributed by atoms with Gasteiger partial charge in [0, 0.05) is 12.1 Å². The lowest BCUT2D eigenvalue weighted by atomic mass is 9.96. The number of nitrogens with zero attached hydrogens (tertiary/aromatic N) is 3. The first-order chi connectivity index (χ1) is 25.6. The van der Waals surface area contributed by atoms with E-state index in [0.29, 0.717) is 18.8 Å². The van der Waals surface area contributed by atoms with E-state index in [0.717, 1.165) is 81.6 Å². The number of benzene rings is 4. The first-order valence-electron chi connectivity index (χ1n) is 18.4. The van der Waals surface area contributed by atoms with Crippen LogP contribution in [-0.2, 0) is 26.4 Å². The molecular weight excluding hydrogens is 665 g/mol. The normalized spacial score (nSPS) is 18.8. The highest BCUT2D eigenvalue weighted by Crippen LogP contribution is 2.35. The molecule has 2 saturated heterocycles. The Balaban J connectivity index is 0.956. The molecule has 2 aliphatic heterocycles. The third-order valence-electron chi connectivity index (χ3n) is 10.2. The number of hydrogen-bond donors (Lipinski definition) is 3. The Bertz CT molecular complexity index is 2250. The van der Waals surface area contributed by atoms with Gasteiger partial charge in [-0.15, -0.1) is 0 Å². The zero-order valence-corrected chi connectivity index (χ0v) is 30.3. The van der Waals surface area contributed by atoms with Crippen molar-refractivity contribution in [1.29, 1.82) is 0 Å². The fourth-order valence-electron chi connectivity index (χ4n) is 7.43. The van der Waals surface area contributed by atoms with Crippen LogP contribution in [0.2, 0.25) is 0 Å². The lowest BCUT2D eigenvalue weighted by Crippen LogP contribution is -2.46. The lowest BCUT2D eigenvalue weighted by molar-refractivity contribution is -0.153. The maximum absolute atomic E-state index is 13.4. The topological polar surface area (TPSA) is 125 Å². The van der Waals surface area contributed by atoms with Gasteiger partial charge in [-0.3, -0.25) is 10.2 Å². The van der Waals surface area contributed by atoms with Gasteiger partial charge in [0.2, 0.25) is 0 Å². The maximum Gasteiger partial charge on any atom is 0.410 e. The molecule has 0 radical (unpaired) electrons. The number of likely N-dealkylation sites (tertiary alicyclic amines) is 1. The summed E-state index contributed by atoms with van der Waals surface area (Å²) in [5, 5.41) is 5.63. The summed E-state index contributed by atoms with van der Waals surface area (Å²) in [5.41, 5.74) is 5.40. The van der Waals surface area contributed by atoms with Crippen molar-refractivity contribution in [2.75, 3.05) is 13.1 Å². The second kappa shape index (κ2) is 14.0. The Hall–Kier alpha value is -5.74. The summed E-state index contributed by atoms with van der Waals surface area (Å²) >= 11 is 0. The van der Waals surface area contributed by atoms with Gasteiger partial charge < -0.3 is 19.4 Å². The van der Waals surface area contributed by atoms with Crippen LogP contribution in [0.5, 0.6) is 0 Å². The number of H-pyrrole nitrogens is 2. The number of amides is 1. The number of nitrogens with one attached hydrogen (secondary N) is 3. The molecule has 2 fully saturated rings. The van der Waals surface area contributed by atoms with Gasteiger partial charge in [-0.1, -0.05) is 78.9 Å². The van der Waals surface area contributed by atoms with Crippen LogP contribution >= 0.6 is 0 Å². The lowest BCUT2D eigenvalue weighted by Gasteiger charge is -2.27. The van der Waals surface area contributed by atoms with Crippen LogP contribution in [0.4, 0.5) is 4.79 Å². The summed E-state index contributed by atoms with van der Waals surface area (Å²) in [7, 11) is 0. The number of rotatable bonds is 8. The maximum atomic E-state index is 13.4. The minimum Gasteiger partial charge on any atom is -0.459 e. The Morgan fingerprint density at radius 1 is 0.811 bits per heavy atom. The van der Waals surface area contributed by atoms with Crippen molar-refractivity contribution in [2.24, 2.45) is 0 Å². The molecule has 0 saturated carbocycles. The van der Waals surface area contributed by atoms with E-state index in [4.69, 9.17) is 9.47 Å². The quantitative estimate of drug-likeness (QED) is 0.135. The molecule has 0 spiro atoms. The molecule has 3 N–H and O–H groups in total. The predicted molar refractivity (Wildman–Crippen MR) is 205 cm³/mol. The number of ether oxygens (including phenoxy) is 2. The van der Waals surface area contributed by atoms with Crippen molar-refractivity contribution in [3.05, 3.63) is 121 Å². The number of aromatic amines is 2. The highest BCUT2D eigenvalue weighted by Gasteiger charge is 2.47. The average molecular weight is 709 g/mol. The van der Waals surface area contributed by atoms with E-state index in [1.807, 2.05) is 57.3 Å². The number of fused-ring (bicyclic) bond motifs is 1. The van der Waals surface area contributed by atoms with Gasteiger partial charge in [-0.2, -0.15) is 0 Å². The molecule has 270 valence electrons. The standard InChI is InChI=1S/C43H44N6O4/c1-42(2,3)53-41(51)49-22-7-11-37(49)38-44-25-36(47-38)34-19-18-32-23-31(16-17-33(32)24-34)29-12-14-30(15-13-29)35-26-45-39(48-35)43(20-8-21-46-43)40(50)52-27-28-9-5-4-6-10-28/h4-6,9-10,12-19,23-26,37,46H,7-8,11,20-22,27H2,1-3H3,(H,44,47)(H,45,48). The summed E-state index contributed by atoms with van der Waals surface area (Å²) in [6, 6.07) is 30.9. The van der Waals surface area contributed by atoms with E-state index in [2.05, 4.69) is 85.9 Å². The SMILES string of the molecule is CC(C)(C)OC(=O)N1CCCC1c1ncc(-c2ccc3cc(-c4ccc(-c5cnc(C6(C(=O)OCc7ccccc7)CCCN6)[nH]5)cc4)ccc3c2)[nH]1. The van der Waals surface area contributed by atoms with Crippen molar-refractivity contribution in [1.82, 2.24) is 30.2 Å². The highest BCUT2D eigenvalue weighted by atomic mass is 16.6. The Kier molecular flexibility index (Phi) is 9.08. The second-order valence-corrected chi connectivity index (χ2v) is 15.0. The molecule has 0 aliphatic carbocycles. The van der Waals surface area contributed by atoms with Crippen LogP contribution in [0.3, 0.4) is 0 Å². The van der Waals surface area contributed by atoms with Crippen molar-refractivity contribution in [2.45, 2.75) is 70.2 Å². The molecule has 8 rings (SSSR count). The number of carbonyl (C=O) groups is 2. The molecule has 10 nitrogen and oxygen atoms in total. The van der Waals surface area contributed by atoms with E-state index in [9.17, 15) is 9.59 Å². The van der Waals surface area contributed by atoms with Gasteiger partial charge in [0.25, 0.3) is 0 Å². The smallest absolute Gasteiger partial charge is 0.410 e. The minimum absolute atomic E-state index is 0.127. The van der Waals surface area contributed by atoms with Crippen molar-refractivity contribution < 1.29 is 19.1 Å². The number of carbonyl (C=O) groups excluding carboxylic acids is 2. The summed E-state index contributed by atoms with van der Waals surface area (Å²) < 4.78 is 11.4. The largest absolute Gasteiger partial charge is 0.459 e. The Labute approximate surface area is 309 Å². The van der Waals surface area contributed by atoms with E-state index < -0.39 is 11.1 Å². The number of aromatic nitrogens is 4. The summed E-state index contributed by atoms with van der Waals surface area (Å²) in [5.74, 6) is 1.04. The van der Waals surface area contributed by atoms with E-state index in [1.54, 1.807) is 11.1 Å². The fraction of sp³-hybridized carbons (Fsp3) is 0.302. The van der Waals surface area contributed by atoms with Crippen LogP contribution in [0.1, 0.15) is 69.7 Å². The number of esters is 1. The molecule has 6 aromatic rings. The monoisotopic (exact) mass is 708 g/mol. The molecule has 4 heterocycles. The Morgan fingerprint density at radius 3 is 2.23 bits per heavy atom. The Morgan fingerprint density at radius 2 is 1.49 bits per heavy atom. The van der Waals surface area contributed by atoms with Crippen LogP contribution in [0.15, 0.2) is 103 Å². The minimum atomic E-state index is -0.990. The number of hydrogen-bond acceptors (Lipinski definition) is 7. The highest BCUT2D eigenvalue weighted by molar-refractivity contribution is 5.90. The van der Waals surface area contributed by atoms with Crippen LogP contribution in [0.25, 0.3) is 44.4 Å². The third kappa shape index (κ3) is 7.06. The van der Waals surface area contributed by atoms with E-state index >= 15 is 0 Å². The van der Waals surface area contributed by atoms with Crippen molar-refractivity contribution >= 4 is 22.8 Å². The predicted octanol–water partition coefficient (Wildman–Crippen LogP) is 8.68. The zero-order valence-electron chi connectivity index (χ0n) is 30.3. The molecule has 2 atom stereocenters. The molecule has 2 aromatic heterocycles. The zero-order chi connectivity index (χ0) is 36.6. The first kappa shape index (κ1) is 34.4. The van der Waals surface area contributed by atoms with Gasteiger partial charge in [0.1, 0.15) is 23.9 Å². The van der Waals surface area contributed by atoms with Gasteiger partial charge in [-0.25, -0.2) is 19.6 Å². The van der Waals surface area contributed by atoms with Gasteiger partial charge in [0.15, 0.2) is 5.54 Å². The molecule has 2 unspecified atom stereocenters. The molecule has 10 heteroatoms. The van der Waals surface area contributed by atoms with Gasteiger partial charge in [0.05, 0.1) is 29.8 Å². The van der Waals surface area contributed by atoms with Gasteiger partial charge in [-0.05, 0) is 98.2 Å². The van der Waals surface area contributed by atoms with Crippen molar-refractivity contribution in [3.8, 4) is 33.6 Å². The molecule has 2 aliphatic rings. The summed E-state index contributed by atoms with van der Waals surface area (Å²) in [4.78, 5) is 44.3. The van der Waals surface area contributed by atoms with E-state index in [-0.39, 0.29) is 24.7 Å². The molecule has 0 bridgehead atoms. The van der Waals surface area contributed by atoms with Crippen molar-refractivity contribution in [3.63, 3.8) is 0 Å². The molecule has 53 heavy (non-hydrogen) atoms. The third-order valence-corrected chi connectivity index (χ3v) is 10.2. The molecule has 1 amide bonds. The summed E-state index contributed by atoms with van der Waals surface area (Å²) in [6.07, 6.45) is 6.58. The first-order valence-corrected chi connectivity index (χ1v) is 18.4. The summed E-state index contributed by atoms with van der Waals surface area (Å²) in [6.45, 7) is 7.26. The fourth-order valence-corrected chi connectivity index (χ4v) is 7.43. The van der Waals surface area contributed by atoms with Crippen LogP contribution < -0.4 is 5.32 Å². The second-order valence-electron chi connectivity index (χ2n) is 15.0. The van der Waals surface area contributed by atoms with Crippen LogP contribution in [-0.4, -0.2) is 55.6 Å². The van der Waals surface area contributed by atoms with E-state index in [1.165, 1.54) is 0 Å². The number of imidazole rings is 2. The average Bonchev–Trinajstić information content (AvgIpc) is 4.00. The molecular formula is C43H44N6O4. The molecule has 4 aromatic carbocycles.